The van der Waals surface area contributed by atoms with Gasteiger partial charge < -0.3 is 9.84 Å². The van der Waals surface area contributed by atoms with E-state index in [9.17, 15) is 14.7 Å². The molecule has 1 aliphatic rings. The third-order valence-corrected chi connectivity index (χ3v) is 2.77. The molecule has 2 N–H and O–H groups in total. The zero-order valence-corrected chi connectivity index (χ0v) is 9.92. The van der Waals surface area contributed by atoms with Crippen molar-refractivity contribution >= 4 is 17.6 Å². The highest BCUT2D eigenvalue weighted by molar-refractivity contribution is 5.81. The van der Waals surface area contributed by atoms with Crippen LogP contribution in [0.15, 0.2) is 24.3 Å². The molecule has 0 bridgehead atoms. The number of aliphatic hydroxyl groups excluding tert-OH is 1. The summed E-state index contributed by atoms with van der Waals surface area (Å²) < 4.78 is 4.45. The molecule has 1 fully saturated rings. The molecule has 0 aliphatic carbocycles. The molecule has 1 saturated heterocycles. The van der Waals surface area contributed by atoms with Crippen LogP contribution in [0.2, 0.25) is 0 Å². The lowest BCUT2D eigenvalue weighted by Crippen LogP contribution is -2.32. The van der Waals surface area contributed by atoms with Crippen molar-refractivity contribution in [2.45, 2.75) is 12.5 Å². The smallest absolute Gasteiger partial charge is 0.339 e. The topological polar surface area (TPSA) is 78.9 Å². The molecule has 1 unspecified atom stereocenters. The molecule has 2 rings (SSSR count). The van der Waals surface area contributed by atoms with E-state index in [2.05, 4.69) is 10.2 Å². The Morgan fingerprint density at radius 2 is 2.11 bits per heavy atom. The molecule has 18 heavy (non-hydrogen) atoms. The summed E-state index contributed by atoms with van der Waals surface area (Å²) in [5, 5.41) is 11.3. The molecule has 0 aromatic heterocycles. The summed E-state index contributed by atoms with van der Waals surface area (Å²) in [6.45, 7) is 0.609. The fraction of sp³-hybridized carbons (Fsp3) is 0.333. The van der Waals surface area contributed by atoms with E-state index in [-0.39, 0.29) is 5.91 Å². The second kappa shape index (κ2) is 5.05. The number of aliphatic hydroxyl groups is 1. The Hall–Kier alpha value is -2.08. The normalized spacial score (nSPS) is 16.3. The van der Waals surface area contributed by atoms with E-state index < -0.39 is 12.1 Å². The number of methoxy groups -OCH3 is 1. The van der Waals surface area contributed by atoms with E-state index >= 15 is 0 Å². The van der Waals surface area contributed by atoms with Gasteiger partial charge in [0.1, 0.15) is 0 Å². The summed E-state index contributed by atoms with van der Waals surface area (Å²) in [6, 6.07) is 6.71. The van der Waals surface area contributed by atoms with Gasteiger partial charge in [-0.2, -0.15) is 0 Å². The van der Waals surface area contributed by atoms with Crippen molar-refractivity contribution in [2.24, 2.45) is 0 Å². The number of hydrogen-bond donors (Lipinski definition) is 2. The van der Waals surface area contributed by atoms with Gasteiger partial charge in [0.15, 0.2) is 6.10 Å². The summed E-state index contributed by atoms with van der Waals surface area (Å²) in [5.74, 6) is -0.717. The van der Waals surface area contributed by atoms with Crippen LogP contribution < -0.4 is 10.4 Å². The molecule has 1 amide bonds. The summed E-state index contributed by atoms with van der Waals surface area (Å²) >= 11 is 0. The van der Waals surface area contributed by atoms with Gasteiger partial charge in [0, 0.05) is 13.0 Å². The summed E-state index contributed by atoms with van der Waals surface area (Å²) in [4.78, 5) is 22.2. The fourth-order valence-corrected chi connectivity index (χ4v) is 1.75. The molecule has 0 spiro atoms. The van der Waals surface area contributed by atoms with Crippen LogP contribution in [-0.2, 0) is 14.3 Å². The average molecular weight is 250 g/mol. The maximum absolute atomic E-state index is 11.2. The molecular formula is C12H14N2O4. The van der Waals surface area contributed by atoms with Crippen molar-refractivity contribution in [3.8, 4) is 0 Å². The quantitative estimate of drug-likeness (QED) is 0.746. The SMILES string of the molecule is COC(=O)C(O)c1ccc(N2CCC(=O)N2)cc1. The minimum absolute atomic E-state index is 0.0197. The summed E-state index contributed by atoms with van der Waals surface area (Å²) in [7, 11) is 1.22. The first-order valence-electron chi connectivity index (χ1n) is 5.54. The largest absolute Gasteiger partial charge is 0.467 e. The average Bonchev–Trinajstić information content (AvgIpc) is 2.84. The van der Waals surface area contributed by atoms with E-state index in [1.54, 1.807) is 29.3 Å². The number of ether oxygens (including phenoxy) is 1. The Kier molecular flexibility index (Phi) is 3.47. The van der Waals surface area contributed by atoms with Crippen LogP contribution in [0, 0.1) is 0 Å². The molecule has 1 atom stereocenters. The van der Waals surface area contributed by atoms with Gasteiger partial charge in [-0.15, -0.1) is 0 Å². The number of carbonyl (C=O) groups is 2. The molecule has 6 nitrogen and oxygen atoms in total. The first-order chi connectivity index (χ1) is 8.61. The van der Waals surface area contributed by atoms with Crippen molar-refractivity contribution < 1.29 is 19.4 Å². The van der Waals surface area contributed by atoms with E-state index in [1.807, 2.05) is 0 Å². The van der Waals surface area contributed by atoms with Crippen molar-refractivity contribution in [1.82, 2.24) is 5.43 Å². The highest BCUT2D eigenvalue weighted by Gasteiger charge is 2.20. The number of amides is 1. The Bertz CT molecular complexity index is 458. The number of nitrogens with one attached hydrogen (secondary N) is 1. The zero-order valence-electron chi connectivity index (χ0n) is 9.92. The first-order valence-corrected chi connectivity index (χ1v) is 5.54. The summed E-state index contributed by atoms with van der Waals surface area (Å²) in [6.07, 6.45) is -0.816. The van der Waals surface area contributed by atoms with E-state index in [4.69, 9.17) is 0 Å². The number of rotatable bonds is 3. The van der Waals surface area contributed by atoms with Gasteiger partial charge in [0.2, 0.25) is 5.91 Å². The first kappa shape index (κ1) is 12.4. The number of esters is 1. The Morgan fingerprint density at radius 1 is 1.44 bits per heavy atom. The maximum Gasteiger partial charge on any atom is 0.339 e. The lowest BCUT2D eigenvalue weighted by Gasteiger charge is -2.18. The number of anilines is 1. The molecule has 1 aromatic carbocycles. The molecule has 0 radical (unpaired) electrons. The molecule has 1 aliphatic heterocycles. The van der Waals surface area contributed by atoms with Crippen LogP contribution >= 0.6 is 0 Å². The van der Waals surface area contributed by atoms with Gasteiger partial charge in [0.25, 0.3) is 0 Å². The number of hydrazine groups is 1. The van der Waals surface area contributed by atoms with Crippen molar-refractivity contribution in [3.63, 3.8) is 0 Å². The van der Waals surface area contributed by atoms with Gasteiger partial charge in [0.05, 0.1) is 12.8 Å². The highest BCUT2D eigenvalue weighted by atomic mass is 16.5. The number of carbonyl (C=O) groups excluding carboxylic acids is 2. The molecular weight excluding hydrogens is 236 g/mol. The van der Waals surface area contributed by atoms with Crippen molar-refractivity contribution in [2.75, 3.05) is 18.7 Å². The van der Waals surface area contributed by atoms with Gasteiger partial charge in [-0.25, -0.2) is 4.79 Å². The van der Waals surface area contributed by atoms with Crippen LogP contribution in [0.3, 0.4) is 0 Å². The summed E-state index contributed by atoms with van der Waals surface area (Å²) in [5.41, 5.74) is 3.95. The molecule has 96 valence electrons. The monoisotopic (exact) mass is 250 g/mol. The number of nitrogens with zero attached hydrogens (tertiary/aromatic N) is 1. The third kappa shape index (κ3) is 2.43. The van der Waals surface area contributed by atoms with Crippen LogP contribution in [-0.4, -0.2) is 30.6 Å². The predicted molar refractivity (Wildman–Crippen MR) is 63.5 cm³/mol. The lowest BCUT2D eigenvalue weighted by atomic mass is 10.1. The van der Waals surface area contributed by atoms with Crippen molar-refractivity contribution in [3.05, 3.63) is 29.8 Å². The molecule has 6 heteroatoms. The Labute approximate surface area is 104 Å². The number of benzene rings is 1. The van der Waals surface area contributed by atoms with Crippen molar-refractivity contribution in [1.29, 1.82) is 0 Å². The minimum atomic E-state index is -1.28. The fourth-order valence-electron chi connectivity index (χ4n) is 1.75. The molecule has 1 aromatic rings. The second-order valence-corrected chi connectivity index (χ2v) is 3.95. The Morgan fingerprint density at radius 3 is 2.61 bits per heavy atom. The van der Waals surface area contributed by atoms with Crippen LogP contribution in [0.4, 0.5) is 5.69 Å². The highest BCUT2D eigenvalue weighted by Crippen LogP contribution is 2.20. The Balaban J connectivity index is 2.10. The van der Waals surface area contributed by atoms with Crippen LogP contribution in [0.1, 0.15) is 18.1 Å². The molecule has 1 heterocycles. The molecule has 0 saturated carbocycles. The van der Waals surface area contributed by atoms with E-state index in [0.29, 0.717) is 18.5 Å². The van der Waals surface area contributed by atoms with Gasteiger partial charge in [-0.05, 0) is 17.7 Å². The van der Waals surface area contributed by atoms with Crippen LogP contribution in [0.25, 0.3) is 0 Å². The minimum Gasteiger partial charge on any atom is -0.467 e. The van der Waals surface area contributed by atoms with E-state index in [1.165, 1.54) is 7.11 Å². The third-order valence-electron chi connectivity index (χ3n) is 2.77. The van der Waals surface area contributed by atoms with Gasteiger partial charge >= 0.3 is 5.97 Å². The van der Waals surface area contributed by atoms with Gasteiger partial charge in [-0.1, -0.05) is 12.1 Å². The predicted octanol–water partition coefficient (Wildman–Crippen LogP) is 0.134. The van der Waals surface area contributed by atoms with Crippen LogP contribution in [0.5, 0.6) is 0 Å². The standard InChI is InChI=1S/C12H14N2O4/c1-18-12(17)11(16)8-2-4-9(5-3-8)14-7-6-10(15)13-14/h2-5,11,16H,6-7H2,1H3,(H,13,15). The second-order valence-electron chi connectivity index (χ2n) is 3.95. The van der Waals surface area contributed by atoms with E-state index in [0.717, 1.165) is 5.69 Å². The lowest BCUT2D eigenvalue weighted by molar-refractivity contribution is -0.150. The van der Waals surface area contributed by atoms with Gasteiger partial charge in [-0.3, -0.25) is 15.2 Å². The number of hydrogen-bond acceptors (Lipinski definition) is 5. The zero-order chi connectivity index (χ0) is 13.1. The maximum atomic E-state index is 11.2.